The fourth-order valence-corrected chi connectivity index (χ4v) is 4.76. The Hall–Kier alpha value is -3.31. The molecule has 5 rings (SSSR count). The van der Waals surface area contributed by atoms with E-state index < -0.39 is 5.41 Å². The van der Waals surface area contributed by atoms with Gasteiger partial charge in [-0.25, -0.2) is 0 Å². The molecule has 6 heteroatoms. The van der Waals surface area contributed by atoms with E-state index in [0.29, 0.717) is 22.8 Å². The molecule has 1 amide bonds. The lowest BCUT2D eigenvalue weighted by Gasteiger charge is -2.16. The number of hydrogen-bond acceptors (Lipinski definition) is 4. The van der Waals surface area contributed by atoms with Crippen molar-refractivity contribution in [3.8, 4) is 22.6 Å². The Bertz CT molecular complexity index is 1280. The van der Waals surface area contributed by atoms with Crippen LogP contribution in [0.25, 0.3) is 11.1 Å². The summed E-state index contributed by atoms with van der Waals surface area (Å²) in [7, 11) is 1.58. The molecule has 33 heavy (non-hydrogen) atoms. The standard InChI is InChI=1S/C27H24ClNO4/c1-16-3-4-17(11-21(16)18-5-7-20(22(28)13-18)26(31)29-2)12-25(30)27(9-10-27)19-6-8-23-24(14-19)33-15-32-23/h3-8,11,13-14H,9-10,12,15H2,1-2H3,(H,29,31). The molecule has 3 aromatic rings. The molecule has 3 aromatic carbocycles. The number of nitrogens with one attached hydrogen (secondary N) is 1. The first-order chi connectivity index (χ1) is 15.9. The van der Waals surface area contributed by atoms with E-state index in [2.05, 4.69) is 5.32 Å². The first kappa shape index (κ1) is 21.5. The first-order valence-corrected chi connectivity index (χ1v) is 11.3. The second kappa shape index (κ2) is 8.23. The van der Waals surface area contributed by atoms with Crippen molar-refractivity contribution in [1.29, 1.82) is 0 Å². The van der Waals surface area contributed by atoms with E-state index >= 15 is 0 Å². The van der Waals surface area contributed by atoms with Crippen molar-refractivity contribution in [2.75, 3.05) is 13.8 Å². The number of rotatable bonds is 6. The van der Waals surface area contributed by atoms with Crippen LogP contribution in [0.1, 0.15) is 39.9 Å². The Balaban J connectivity index is 1.40. The van der Waals surface area contributed by atoms with Crippen molar-refractivity contribution in [2.24, 2.45) is 0 Å². The van der Waals surface area contributed by atoms with Gasteiger partial charge in [-0.2, -0.15) is 0 Å². The Morgan fingerprint density at radius 2 is 1.79 bits per heavy atom. The van der Waals surface area contributed by atoms with Crippen LogP contribution in [0, 0.1) is 6.92 Å². The molecule has 5 nitrogen and oxygen atoms in total. The highest BCUT2D eigenvalue weighted by Gasteiger charge is 2.50. The number of fused-ring (bicyclic) bond motifs is 1. The lowest BCUT2D eigenvalue weighted by molar-refractivity contribution is -0.120. The molecule has 2 aliphatic rings. The van der Waals surface area contributed by atoms with Crippen molar-refractivity contribution in [3.63, 3.8) is 0 Å². The first-order valence-electron chi connectivity index (χ1n) is 11.0. The van der Waals surface area contributed by atoms with Crippen LogP contribution in [0.5, 0.6) is 11.5 Å². The molecular weight excluding hydrogens is 438 g/mol. The molecule has 1 saturated carbocycles. The topological polar surface area (TPSA) is 64.6 Å². The summed E-state index contributed by atoms with van der Waals surface area (Å²) in [6.07, 6.45) is 2.05. The highest BCUT2D eigenvalue weighted by Crippen LogP contribution is 2.51. The summed E-state index contributed by atoms with van der Waals surface area (Å²) in [5.41, 5.74) is 4.94. The minimum atomic E-state index is -0.440. The fraction of sp³-hybridized carbons (Fsp3) is 0.259. The van der Waals surface area contributed by atoms with E-state index in [4.69, 9.17) is 21.1 Å². The lowest BCUT2D eigenvalue weighted by atomic mass is 9.87. The largest absolute Gasteiger partial charge is 0.454 e. The molecule has 1 N–H and O–H groups in total. The quantitative estimate of drug-likeness (QED) is 0.544. The molecule has 1 aliphatic carbocycles. The van der Waals surface area contributed by atoms with Crippen LogP contribution in [0.2, 0.25) is 5.02 Å². The number of carbonyl (C=O) groups excluding carboxylic acids is 2. The number of halogens is 1. The summed E-state index contributed by atoms with van der Waals surface area (Å²) >= 11 is 6.37. The number of ketones is 1. The van der Waals surface area contributed by atoms with Gasteiger partial charge in [0, 0.05) is 13.5 Å². The predicted octanol–water partition coefficient (Wildman–Crippen LogP) is 5.25. The van der Waals surface area contributed by atoms with Crippen LogP contribution in [-0.2, 0) is 16.6 Å². The van der Waals surface area contributed by atoms with Crippen LogP contribution in [0.15, 0.2) is 54.6 Å². The Kier molecular flexibility index (Phi) is 5.37. The van der Waals surface area contributed by atoms with Gasteiger partial charge in [0.2, 0.25) is 6.79 Å². The zero-order valence-corrected chi connectivity index (χ0v) is 19.3. The smallest absolute Gasteiger partial charge is 0.252 e. The van der Waals surface area contributed by atoms with Crippen molar-refractivity contribution in [1.82, 2.24) is 5.32 Å². The normalized spacial score (nSPS) is 15.2. The van der Waals surface area contributed by atoms with Crippen molar-refractivity contribution < 1.29 is 19.1 Å². The fourth-order valence-electron chi connectivity index (χ4n) is 4.49. The van der Waals surface area contributed by atoms with E-state index in [1.54, 1.807) is 19.2 Å². The average molecular weight is 462 g/mol. The third-order valence-electron chi connectivity index (χ3n) is 6.63. The molecule has 0 atom stereocenters. The van der Waals surface area contributed by atoms with Gasteiger partial charge in [-0.3, -0.25) is 9.59 Å². The molecule has 1 fully saturated rings. The SMILES string of the molecule is CNC(=O)c1ccc(-c2cc(CC(=O)C3(c4ccc5c(c4)OCO5)CC3)ccc2C)cc1Cl. The maximum atomic E-state index is 13.4. The summed E-state index contributed by atoms with van der Waals surface area (Å²) in [5, 5.41) is 2.99. The Labute approximate surface area is 197 Å². The minimum Gasteiger partial charge on any atom is -0.454 e. The molecule has 0 aromatic heterocycles. The number of Topliss-reactive ketones (excluding diaryl/α,β-unsaturated/α-hetero) is 1. The average Bonchev–Trinajstić information content (AvgIpc) is 3.50. The van der Waals surface area contributed by atoms with Gasteiger partial charge in [0.05, 0.1) is 16.0 Å². The van der Waals surface area contributed by atoms with Crippen molar-refractivity contribution in [3.05, 3.63) is 81.9 Å². The molecule has 168 valence electrons. The number of aryl methyl sites for hydroxylation is 1. The van der Waals surface area contributed by atoms with Crippen LogP contribution in [0.4, 0.5) is 0 Å². The highest BCUT2D eigenvalue weighted by atomic mass is 35.5. The second-order valence-corrected chi connectivity index (χ2v) is 9.08. The summed E-state index contributed by atoms with van der Waals surface area (Å²) in [4.78, 5) is 25.4. The molecule has 0 spiro atoms. The van der Waals surface area contributed by atoms with Gasteiger partial charge >= 0.3 is 0 Å². The van der Waals surface area contributed by atoms with Gasteiger partial charge < -0.3 is 14.8 Å². The number of carbonyl (C=O) groups is 2. The summed E-state index contributed by atoms with van der Waals surface area (Å²) in [6.45, 7) is 2.25. The molecule has 0 radical (unpaired) electrons. The van der Waals surface area contributed by atoms with Gasteiger partial charge in [-0.15, -0.1) is 0 Å². The molecule has 0 bridgehead atoms. The van der Waals surface area contributed by atoms with Gasteiger partial charge in [0.1, 0.15) is 5.78 Å². The van der Waals surface area contributed by atoms with Gasteiger partial charge in [0.25, 0.3) is 5.91 Å². The van der Waals surface area contributed by atoms with Crippen LogP contribution >= 0.6 is 11.6 Å². The molecule has 0 unspecified atom stereocenters. The zero-order valence-electron chi connectivity index (χ0n) is 18.5. The third-order valence-corrected chi connectivity index (χ3v) is 6.94. The van der Waals surface area contributed by atoms with Gasteiger partial charge in [0.15, 0.2) is 11.5 Å². The maximum absolute atomic E-state index is 13.4. The number of amides is 1. The van der Waals surface area contributed by atoms with Gasteiger partial charge in [-0.05, 0) is 71.8 Å². The Morgan fingerprint density at radius 3 is 2.52 bits per heavy atom. The number of benzene rings is 3. The van der Waals surface area contributed by atoms with Gasteiger partial charge in [-0.1, -0.05) is 41.9 Å². The van der Waals surface area contributed by atoms with E-state index in [1.165, 1.54) is 0 Å². The molecule has 1 aliphatic heterocycles. The monoisotopic (exact) mass is 461 g/mol. The van der Waals surface area contributed by atoms with Crippen LogP contribution in [-0.4, -0.2) is 25.5 Å². The minimum absolute atomic E-state index is 0.212. The van der Waals surface area contributed by atoms with E-state index in [0.717, 1.165) is 46.4 Å². The van der Waals surface area contributed by atoms with Crippen molar-refractivity contribution in [2.45, 2.75) is 31.6 Å². The van der Waals surface area contributed by atoms with E-state index in [-0.39, 0.29) is 18.5 Å². The van der Waals surface area contributed by atoms with Crippen molar-refractivity contribution >= 4 is 23.3 Å². The summed E-state index contributed by atoms with van der Waals surface area (Å²) < 4.78 is 10.9. The summed E-state index contributed by atoms with van der Waals surface area (Å²) in [5.74, 6) is 1.43. The van der Waals surface area contributed by atoms with E-state index in [1.807, 2.05) is 49.4 Å². The van der Waals surface area contributed by atoms with E-state index in [9.17, 15) is 9.59 Å². The molecule has 1 heterocycles. The number of ether oxygens (including phenoxy) is 2. The zero-order chi connectivity index (χ0) is 23.2. The lowest BCUT2D eigenvalue weighted by Crippen LogP contribution is -2.22. The Morgan fingerprint density at radius 1 is 1.00 bits per heavy atom. The van der Waals surface area contributed by atoms with Crippen LogP contribution < -0.4 is 14.8 Å². The second-order valence-electron chi connectivity index (χ2n) is 8.67. The molecule has 0 saturated heterocycles. The maximum Gasteiger partial charge on any atom is 0.252 e. The molecular formula is C27H24ClNO4. The predicted molar refractivity (Wildman–Crippen MR) is 127 cm³/mol. The number of hydrogen-bond donors (Lipinski definition) is 1. The summed E-state index contributed by atoms with van der Waals surface area (Å²) in [6, 6.07) is 17.3. The highest BCUT2D eigenvalue weighted by molar-refractivity contribution is 6.34. The van der Waals surface area contributed by atoms with Crippen LogP contribution in [0.3, 0.4) is 0 Å². The third kappa shape index (κ3) is 3.87.